The number of likely N-dealkylation sites (tertiary alicyclic amines) is 1. The molecule has 0 spiro atoms. The molecule has 2 rings (SSSR count). The average Bonchev–Trinajstić information content (AvgIpc) is 2.86. The standard InChI is InChI=1S/C12H24N4O2S/c1-16-8-6-12(7-9-16,11(13)14)15-19(17,18)10-4-2-3-5-10/h10,15H,2-9H2,1H3,(H3,13,14). The second kappa shape index (κ2) is 5.38. The van der Waals surface area contributed by atoms with Crippen molar-refractivity contribution in [3.05, 3.63) is 0 Å². The molecule has 2 aliphatic rings. The SMILES string of the molecule is CN1CCC(NS(=O)(=O)C2CCCC2)(C(=N)N)CC1. The van der Waals surface area contributed by atoms with Crippen LogP contribution >= 0.6 is 0 Å². The van der Waals surface area contributed by atoms with Gasteiger partial charge < -0.3 is 10.6 Å². The number of sulfonamides is 1. The van der Waals surface area contributed by atoms with Crippen molar-refractivity contribution in [3.8, 4) is 0 Å². The fourth-order valence-electron chi connectivity index (χ4n) is 2.98. The summed E-state index contributed by atoms with van der Waals surface area (Å²) in [5.74, 6) is -0.0535. The van der Waals surface area contributed by atoms with Crippen LogP contribution in [-0.4, -0.2) is 50.1 Å². The molecule has 19 heavy (non-hydrogen) atoms. The van der Waals surface area contributed by atoms with E-state index in [0.717, 1.165) is 38.8 Å². The maximum atomic E-state index is 12.4. The third-order valence-electron chi connectivity index (χ3n) is 4.43. The second-order valence-corrected chi connectivity index (χ2v) is 7.81. The molecule has 110 valence electrons. The van der Waals surface area contributed by atoms with Crippen LogP contribution in [0.1, 0.15) is 38.5 Å². The Balaban J connectivity index is 2.15. The highest BCUT2D eigenvalue weighted by atomic mass is 32.2. The quantitative estimate of drug-likeness (QED) is 0.510. The van der Waals surface area contributed by atoms with Crippen LogP contribution in [-0.2, 0) is 10.0 Å². The van der Waals surface area contributed by atoms with Crippen molar-refractivity contribution in [1.29, 1.82) is 5.41 Å². The number of amidine groups is 1. The van der Waals surface area contributed by atoms with Crippen molar-refractivity contribution >= 4 is 15.9 Å². The molecule has 7 heteroatoms. The minimum Gasteiger partial charge on any atom is -0.386 e. The van der Waals surface area contributed by atoms with Crippen LogP contribution in [0.15, 0.2) is 0 Å². The van der Waals surface area contributed by atoms with Gasteiger partial charge in [0.15, 0.2) is 0 Å². The predicted octanol–water partition coefficient (Wildman–Crippen LogP) is 0.249. The minimum atomic E-state index is -3.37. The first-order valence-electron chi connectivity index (χ1n) is 6.92. The third kappa shape index (κ3) is 3.09. The van der Waals surface area contributed by atoms with Gasteiger partial charge >= 0.3 is 0 Å². The lowest BCUT2D eigenvalue weighted by Gasteiger charge is -2.40. The fourth-order valence-corrected chi connectivity index (χ4v) is 4.96. The Morgan fingerprint density at radius 1 is 1.32 bits per heavy atom. The van der Waals surface area contributed by atoms with Gasteiger partial charge in [-0.15, -0.1) is 0 Å². The first-order valence-corrected chi connectivity index (χ1v) is 8.46. The van der Waals surface area contributed by atoms with Crippen LogP contribution in [0.3, 0.4) is 0 Å². The molecule has 1 saturated heterocycles. The van der Waals surface area contributed by atoms with E-state index in [4.69, 9.17) is 11.1 Å². The van der Waals surface area contributed by atoms with E-state index in [-0.39, 0.29) is 11.1 Å². The van der Waals surface area contributed by atoms with E-state index < -0.39 is 15.6 Å². The molecule has 0 bridgehead atoms. The molecule has 1 aliphatic heterocycles. The van der Waals surface area contributed by atoms with Crippen molar-refractivity contribution in [2.45, 2.75) is 49.3 Å². The average molecular weight is 288 g/mol. The van der Waals surface area contributed by atoms with Gasteiger partial charge in [0.1, 0.15) is 5.84 Å². The Kier molecular flexibility index (Phi) is 4.17. The minimum absolute atomic E-state index is 0.0535. The number of piperidine rings is 1. The summed E-state index contributed by atoms with van der Waals surface area (Å²) in [6.07, 6.45) is 4.55. The monoisotopic (exact) mass is 288 g/mol. The Morgan fingerprint density at radius 2 is 1.84 bits per heavy atom. The lowest BCUT2D eigenvalue weighted by molar-refractivity contribution is 0.218. The molecular formula is C12H24N4O2S. The van der Waals surface area contributed by atoms with Gasteiger partial charge in [-0.2, -0.15) is 0 Å². The first kappa shape index (κ1) is 14.7. The van der Waals surface area contributed by atoms with Gasteiger partial charge in [-0.05, 0) is 32.7 Å². The van der Waals surface area contributed by atoms with Gasteiger partial charge in [-0.3, -0.25) is 5.41 Å². The summed E-state index contributed by atoms with van der Waals surface area (Å²) in [7, 11) is -1.37. The van der Waals surface area contributed by atoms with E-state index in [1.54, 1.807) is 0 Å². The van der Waals surface area contributed by atoms with Crippen LogP contribution in [0.4, 0.5) is 0 Å². The molecule has 0 aromatic heterocycles. The van der Waals surface area contributed by atoms with E-state index in [1.807, 2.05) is 7.05 Å². The lowest BCUT2D eigenvalue weighted by Crippen LogP contribution is -2.62. The molecule has 1 aliphatic carbocycles. The zero-order valence-corrected chi connectivity index (χ0v) is 12.3. The summed E-state index contributed by atoms with van der Waals surface area (Å²) in [6, 6.07) is 0. The predicted molar refractivity (Wildman–Crippen MR) is 75.7 cm³/mol. The van der Waals surface area contributed by atoms with Crippen LogP contribution in [0.5, 0.6) is 0 Å². The molecule has 1 saturated carbocycles. The summed E-state index contributed by atoms with van der Waals surface area (Å²) in [6.45, 7) is 1.51. The number of nitrogens with two attached hydrogens (primary N) is 1. The van der Waals surface area contributed by atoms with Gasteiger partial charge in [0, 0.05) is 13.1 Å². The molecule has 0 atom stereocenters. The van der Waals surface area contributed by atoms with E-state index in [2.05, 4.69) is 9.62 Å². The third-order valence-corrected chi connectivity index (χ3v) is 6.46. The second-order valence-electron chi connectivity index (χ2n) is 5.85. The van der Waals surface area contributed by atoms with Gasteiger partial charge in [0.05, 0.1) is 10.8 Å². The molecule has 6 nitrogen and oxygen atoms in total. The molecular weight excluding hydrogens is 264 g/mol. The highest BCUT2D eigenvalue weighted by Gasteiger charge is 2.42. The topological polar surface area (TPSA) is 99.3 Å². The smallest absolute Gasteiger partial charge is 0.215 e. The maximum absolute atomic E-state index is 12.4. The van der Waals surface area contributed by atoms with Crippen LogP contribution in [0.25, 0.3) is 0 Å². The molecule has 4 N–H and O–H groups in total. The Labute approximate surface area is 115 Å². The van der Waals surface area contributed by atoms with E-state index in [0.29, 0.717) is 12.8 Å². The van der Waals surface area contributed by atoms with Crippen LogP contribution in [0.2, 0.25) is 0 Å². The summed E-state index contributed by atoms with van der Waals surface area (Å²) in [5.41, 5.74) is 4.82. The number of hydrogen-bond acceptors (Lipinski definition) is 4. The van der Waals surface area contributed by atoms with Crippen molar-refractivity contribution in [2.24, 2.45) is 5.73 Å². The van der Waals surface area contributed by atoms with Gasteiger partial charge in [0.2, 0.25) is 10.0 Å². The normalized spacial score (nSPS) is 25.5. The summed E-state index contributed by atoms with van der Waals surface area (Å²) < 4.78 is 27.6. The molecule has 1 heterocycles. The zero-order valence-electron chi connectivity index (χ0n) is 11.5. The fraction of sp³-hybridized carbons (Fsp3) is 0.917. The van der Waals surface area contributed by atoms with Crippen LogP contribution < -0.4 is 10.5 Å². The number of nitrogens with one attached hydrogen (secondary N) is 2. The zero-order chi connectivity index (χ0) is 14.1. The summed E-state index contributed by atoms with van der Waals surface area (Å²) >= 11 is 0. The summed E-state index contributed by atoms with van der Waals surface area (Å²) in [5, 5.41) is 7.48. The molecule has 0 aromatic rings. The Morgan fingerprint density at radius 3 is 2.32 bits per heavy atom. The lowest BCUT2D eigenvalue weighted by atomic mass is 9.88. The largest absolute Gasteiger partial charge is 0.386 e. The van der Waals surface area contributed by atoms with Crippen molar-refractivity contribution in [3.63, 3.8) is 0 Å². The number of hydrogen-bond donors (Lipinski definition) is 3. The molecule has 0 radical (unpaired) electrons. The Bertz CT molecular complexity index is 435. The van der Waals surface area contributed by atoms with Crippen molar-refractivity contribution in [2.75, 3.05) is 20.1 Å². The Hall–Kier alpha value is -0.660. The van der Waals surface area contributed by atoms with Crippen molar-refractivity contribution in [1.82, 2.24) is 9.62 Å². The van der Waals surface area contributed by atoms with E-state index in [9.17, 15) is 8.42 Å². The van der Waals surface area contributed by atoms with E-state index >= 15 is 0 Å². The molecule has 0 aromatic carbocycles. The number of nitrogens with zero attached hydrogens (tertiary/aromatic N) is 1. The summed E-state index contributed by atoms with van der Waals surface area (Å²) in [4.78, 5) is 2.13. The molecule has 2 fully saturated rings. The van der Waals surface area contributed by atoms with Crippen LogP contribution in [0, 0.1) is 5.41 Å². The van der Waals surface area contributed by atoms with Gasteiger partial charge in [-0.25, -0.2) is 13.1 Å². The first-order chi connectivity index (χ1) is 8.86. The highest BCUT2D eigenvalue weighted by Crippen LogP contribution is 2.28. The highest BCUT2D eigenvalue weighted by molar-refractivity contribution is 7.90. The van der Waals surface area contributed by atoms with Gasteiger partial charge in [0.25, 0.3) is 0 Å². The molecule has 0 unspecified atom stereocenters. The van der Waals surface area contributed by atoms with E-state index in [1.165, 1.54) is 0 Å². The maximum Gasteiger partial charge on any atom is 0.215 e. The van der Waals surface area contributed by atoms with Crippen molar-refractivity contribution < 1.29 is 8.42 Å². The number of rotatable bonds is 4. The van der Waals surface area contributed by atoms with Gasteiger partial charge in [-0.1, -0.05) is 12.8 Å². The molecule has 0 amide bonds.